The Hall–Kier alpha value is -4.57. The van der Waals surface area contributed by atoms with Gasteiger partial charge in [-0.05, 0) is 47.9 Å². The van der Waals surface area contributed by atoms with Gasteiger partial charge in [-0.2, -0.15) is 5.26 Å². The first kappa shape index (κ1) is 22.2. The monoisotopic (exact) mass is 464 g/mol. The first-order valence-electron chi connectivity index (χ1n) is 11.3. The van der Waals surface area contributed by atoms with Crippen LogP contribution < -0.4 is 5.69 Å². The standard InChI is InChI=1S/C28H24N4O3/c1-18-7-6-10-23-27(18)21(16-30(23)2)17-31-25-13-19(15-29)11-12-22(25)32(28(31)35)24(14-26(33)34)20-8-4-3-5-9-20/h3-13,16,24H,14,17H2,1-2H3,(H,33,34). The van der Waals surface area contributed by atoms with Gasteiger partial charge in [0.1, 0.15) is 0 Å². The number of hydrogen-bond donors (Lipinski definition) is 1. The van der Waals surface area contributed by atoms with E-state index in [1.807, 2.05) is 73.3 Å². The van der Waals surface area contributed by atoms with Crippen LogP contribution in [0.4, 0.5) is 0 Å². The topological polar surface area (TPSA) is 93.0 Å². The van der Waals surface area contributed by atoms with E-state index in [1.54, 1.807) is 27.3 Å². The number of aliphatic carboxylic acids is 1. The largest absolute Gasteiger partial charge is 0.481 e. The third-order valence-corrected chi connectivity index (χ3v) is 6.59. The molecule has 0 amide bonds. The molecule has 0 bridgehead atoms. The first-order chi connectivity index (χ1) is 16.9. The molecular weight excluding hydrogens is 440 g/mol. The Labute approximate surface area is 201 Å². The molecule has 0 fully saturated rings. The maximum atomic E-state index is 14.0. The summed E-state index contributed by atoms with van der Waals surface area (Å²) in [4.78, 5) is 25.8. The number of rotatable bonds is 6. The molecule has 2 heterocycles. The summed E-state index contributed by atoms with van der Waals surface area (Å²) in [6.07, 6.45) is 1.78. The van der Waals surface area contributed by atoms with Crippen LogP contribution in [0.15, 0.2) is 77.7 Å². The van der Waals surface area contributed by atoms with Gasteiger partial charge < -0.3 is 9.67 Å². The maximum absolute atomic E-state index is 14.0. The maximum Gasteiger partial charge on any atom is 0.330 e. The molecule has 0 radical (unpaired) electrons. The van der Waals surface area contributed by atoms with Crippen molar-refractivity contribution in [1.29, 1.82) is 5.26 Å². The number of carboxylic acid groups (broad SMARTS) is 1. The van der Waals surface area contributed by atoms with Crippen LogP contribution in [0.1, 0.15) is 34.7 Å². The molecule has 35 heavy (non-hydrogen) atoms. The Morgan fingerprint density at radius 3 is 2.51 bits per heavy atom. The van der Waals surface area contributed by atoms with Gasteiger partial charge in [0.2, 0.25) is 0 Å². The van der Waals surface area contributed by atoms with E-state index in [0.29, 0.717) is 23.1 Å². The third kappa shape index (κ3) is 3.79. The van der Waals surface area contributed by atoms with Gasteiger partial charge in [0.15, 0.2) is 0 Å². The second kappa shape index (κ2) is 8.65. The van der Waals surface area contributed by atoms with Gasteiger partial charge in [0, 0.05) is 24.1 Å². The lowest BCUT2D eigenvalue weighted by Gasteiger charge is -2.17. The summed E-state index contributed by atoms with van der Waals surface area (Å²) in [7, 11) is 1.98. The Balaban J connectivity index is 1.77. The van der Waals surface area contributed by atoms with Crippen molar-refractivity contribution in [3.05, 3.63) is 106 Å². The van der Waals surface area contributed by atoms with Crippen molar-refractivity contribution < 1.29 is 9.90 Å². The van der Waals surface area contributed by atoms with Crippen LogP contribution in [0.25, 0.3) is 21.9 Å². The summed E-state index contributed by atoms with van der Waals surface area (Å²) < 4.78 is 5.24. The number of fused-ring (bicyclic) bond motifs is 2. The van der Waals surface area contributed by atoms with Crippen molar-refractivity contribution in [2.45, 2.75) is 25.9 Å². The van der Waals surface area contributed by atoms with Crippen LogP contribution in [0.2, 0.25) is 0 Å². The fraction of sp³-hybridized carbons (Fsp3) is 0.179. The summed E-state index contributed by atoms with van der Waals surface area (Å²) >= 11 is 0. The minimum Gasteiger partial charge on any atom is -0.481 e. The molecular formula is C28H24N4O3. The van der Waals surface area contributed by atoms with Gasteiger partial charge in [-0.1, -0.05) is 42.5 Å². The second-order valence-electron chi connectivity index (χ2n) is 8.81. The number of hydrogen-bond acceptors (Lipinski definition) is 3. The molecule has 174 valence electrons. The number of carboxylic acids is 1. The van der Waals surface area contributed by atoms with E-state index < -0.39 is 12.0 Å². The zero-order chi connectivity index (χ0) is 24.7. The minimum absolute atomic E-state index is 0.240. The van der Waals surface area contributed by atoms with E-state index >= 15 is 0 Å². The van der Waals surface area contributed by atoms with Gasteiger partial charge in [0.05, 0.1) is 41.7 Å². The summed E-state index contributed by atoms with van der Waals surface area (Å²) in [6.45, 7) is 2.35. The molecule has 0 saturated heterocycles. The molecule has 0 spiro atoms. The lowest BCUT2D eigenvalue weighted by molar-refractivity contribution is -0.137. The van der Waals surface area contributed by atoms with E-state index in [4.69, 9.17) is 0 Å². The Kier molecular flexibility index (Phi) is 5.50. The lowest BCUT2D eigenvalue weighted by atomic mass is 10.0. The predicted molar refractivity (Wildman–Crippen MR) is 135 cm³/mol. The highest BCUT2D eigenvalue weighted by Crippen LogP contribution is 2.29. The summed E-state index contributed by atoms with van der Waals surface area (Å²) in [6, 6.07) is 21.9. The van der Waals surface area contributed by atoms with Gasteiger partial charge in [-0.25, -0.2) is 4.79 Å². The van der Waals surface area contributed by atoms with Crippen LogP contribution in [0, 0.1) is 18.3 Å². The quantitative estimate of drug-likeness (QED) is 0.398. The van der Waals surface area contributed by atoms with Crippen molar-refractivity contribution in [1.82, 2.24) is 13.7 Å². The smallest absolute Gasteiger partial charge is 0.330 e. The predicted octanol–water partition coefficient (Wildman–Crippen LogP) is 4.59. The number of carbonyl (C=O) groups is 1. The van der Waals surface area contributed by atoms with Gasteiger partial charge in [0.25, 0.3) is 0 Å². The van der Waals surface area contributed by atoms with E-state index in [1.165, 1.54) is 0 Å². The molecule has 0 aliphatic carbocycles. The molecule has 1 atom stereocenters. The fourth-order valence-corrected chi connectivity index (χ4v) is 5.02. The number of nitriles is 1. The second-order valence-corrected chi connectivity index (χ2v) is 8.81. The van der Waals surface area contributed by atoms with Crippen molar-refractivity contribution >= 4 is 27.9 Å². The average Bonchev–Trinajstić information content (AvgIpc) is 3.32. The van der Waals surface area contributed by atoms with Crippen molar-refractivity contribution in [2.24, 2.45) is 7.05 Å². The minimum atomic E-state index is -0.995. The van der Waals surface area contributed by atoms with Crippen molar-refractivity contribution in [2.75, 3.05) is 0 Å². The highest BCUT2D eigenvalue weighted by atomic mass is 16.4. The zero-order valence-electron chi connectivity index (χ0n) is 19.5. The highest BCUT2D eigenvalue weighted by molar-refractivity contribution is 5.87. The Bertz CT molecular complexity index is 1680. The number of aryl methyl sites for hydroxylation is 2. The summed E-state index contributed by atoms with van der Waals surface area (Å²) in [5.41, 5.74) is 5.23. The summed E-state index contributed by atoms with van der Waals surface area (Å²) in [5, 5.41) is 20.3. The van der Waals surface area contributed by atoms with Gasteiger partial charge >= 0.3 is 11.7 Å². The molecule has 5 aromatic rings. The fourth-order valence-electron chi connectivity index (χ4n) is 5.02. The normalized spacial score (nSPS) is 12.1. The molecule has 7 nitrogen and oxygen atoms in total. The SMILES string of the molecule is Cc1cccc2c1c(Cn1c(=O)n(C(CC(=O)O)c3ccccc3)c3ccc(C#N)cc31)cn2C. The lowest BCUT2D eigenvalue weighted by Crippen LogP contribution is -2.29. The Morgan fingerprint density at radius 2 is 1.80 bits per heavy atom. The first-order valence-corrected chi connectivity index (χ1v) is 11.3. The molecule has 1 N–H and O–H groups in total. The molecule has 5 rings (SSSR count). The van der Waals surface area contributed by atoms with Crippen molar-refractivity contribution in [3.8, 4) is 6.07 Å². The highest BCUT2D eigenvalue weighted by Gasteiger charge is 2.25. The molecule has 0 saturated carbocycles. The van der Waals surface area contributed by atoms with Crippen LogP contribution in [0.5, 0.6) is 0 Å². The Morgan fingerprint density at radius 1 is 1.03 bits per heavy atom. The summed E-state index contributed by atoms with van der Waals surface area (Å²) in [5.74, 6) is -0.995. The third-order valence-electron chi connectivity index (χ3n) is 6.59. The van der Waals surface area contributed by atoms with Crippen molar-refractivity contribution in [3.63, 3.8) is 0 Å². The molecule has 2 aromatic heterocycles. The van der Waals surface area contributed by atoms with E-state index in [-0.39, 0.29) is 12.1 Å². The number of aromatic nitrogens is 3. The van der Waals surface area contributed by atoms with Gasteiger partial charge in [-0.15, -0.1) is 0 Å². The zero-order valence-corrected chi connectivity index (χ0v) is 19.5. The van der Waals surface area contributed by atoms with Crippen LogP contribution >= 0.6 is 0 Å². The molecule has 0 aliphatic heterocycles. The van der Waals surface area contributed by atoms with Gasteiger partial charge in [-0.3, -0.25) is 13.9 Å². The van der Waals surface area contributed by atoms with Crippen LogP contribution in [0.3, 0.4) is 0 Å². The molecule has 3 aromatic carbocycles. The molecule has 1 unspecified atom stereocenters. The number of imidazole rings is 1. The molecule has 7 heteroatoms. The average molecular weight is 465 g/mol. The van der Waals surface area contributed by atoms with E-state index in [2.05, 4.69) is 6.07 Å². The van der Waals surface area contributed by atoms with E-state index in [9.17, 15) is 20.0 Å². The van der Waals surface area contributed by atoms with Crippen LogP contribution in [-0.2, 0) is 18.4 Å². The number of benzene rings is 3. The van der Waals surface area contributed by atoms with E-state index in [0.717, 1.165) is 27.6 Å². The number of nitrogens with zero attached hydrogens (tertiary/aromatic N) is 4. The van der Waals surface area contributed by atoms with Crippen LogP contribution in [-0.4, -0.2) is 24.8 Å². The molecule has 0 aliphatic rings.